The first-order chi connectivity index (χ1) is 9.47. The van der Waals surface area contributed by atoms with E-state index in [0.29, 0.717) is 5.92 Å². The van der Waals surface area contributed by atoms with Gasteiger partial charge >= 0.3 is 0 Å². The van der Waals surface area contributed by atoms with E-state index in [-0.39, 0.29) is 12.4 Å². The summed E-state index contributed by atoms with van der Waals surface area (Å²) < 4.78 is 6.70. The second-order valence-corrected chi connectivity index (χ2v) is 7.47. The maximum atomic E-state index is 12.1. The summed E-state index contributed by atoms with van der Waals surface area (Å²) in [6.45, 7) is 6.34. The first-order valence-electron chi connectivity index (χ1n) is 6.49. The molecule has 0 aliphatic carbocycles. The summed E-state index contributed by atoms with van der Waals surface area (Å²) in [6, 6.07) is 9.83. The lowest BCUT2D eigenvalue weighted by Gasteiger charge is -2.14. The number of hydrogen-bond donors (Lipinski definition) is 0. The number of hydrogen-bond acceptors (Lipinski definition) is 3. The van der Waals surface area contributed by atoms with Crippen molar-refractivity contribution < 1.29 is 9.53 Å². The lowest BCUT2D eigenvalue weighted by Crippen LogP contribution is -2.11. The highest BCUT2D eigenvalue weighted by Gasteiger charge is 2.12. The molecule has 0 fully saturated rings. The molecule has 20 heavy (non-hydrogen) atoms. The van der Waals surface area contributed by atoms with Crippen molar-refractivity contribution in [2.24, 2.45) is 0 Å². The van der Waals surface area contributed by atoms with Gasteiger partial charge in [0.15, 0.2) is 6.61 Å². The molecule has 1 aromatic carbocycles. The second kappa shape index (κ2) is 6.55. The van der Waals surface area contributed by atoms with E-state index in [2.05, 4.69) is 41.9 Å². The Bertz CT molecular complexity index is 617. The normalized spacial score (nSPS) is 10.8. The number of halogens is 1. The fourth-order valence-electron chi connectivity index (χ4n) is 1.92. The number of carbonyl (C=O) groups excluding carboxylic acids is 1. The van der Waals surface area contributed by atoms with Gasteiger partial charge in [-0.05, 0) is 58.1 Å². The average Bonchev–Trinajstić information content (AvgIpc) is 2.82. The molecule has 0 aliphatic rings. The first-order valence-corrected chi connectivity index (χ1v) is 8.10. The third-order valence-corrected chi connectivity index (χ3v) is 4.66. The predicted octanol–water partition coefficient (Wildman–Crippen LogP) is 5.20. The van der Waals surface area contributed by atoms with Crippen molar-refractivity contribution in [1.29, 1.82) is 0 Å². The van der Waals surface area contributed by atoms with E-state index in [0.717, 1.165) is 25.5 Å². The molecule has 0 aliphatic heterocycles. The maximum Gasteiger partial charge on any atom is 0.210 e. The SMILES string of the molecule is Cc1ccc(C(C)C)c(OCC(=O)c2ccc(Br)s2)c1. The molecule has 2 aromatic rings. The van der Waals surface area contributed by atoms with Crippen LogP contribution in [-0.2, 0) is 0 Å². The molecule has 0 atom stereocenters. The second-order valence-electron chi connectivity index (χ2n) is 5.01. The average molecular weight is 353 g/mol. The summed E-state index contributed by atoms with van der Waals surface area (Å²) >= 11 is 4.79. The largest absolute Gasteiger partial charge is 0.485 e. The number of Topliss-reactive ketones (excluding diaryl/α,β-unsaturated/α-hetero) is 1. The predicted molar refractivity (Wildman–Crippen MR) is 87.1 cm³/mol. The molecule has 0 saturated heterocycles. The van der Waals surface area contributed by atoms with Gasteiger partial charge in [-0.2, -0.15) is 0 Å². The molecule has 4 heteroatoms. The van der Waals surface area contributed by atoms with E-state index in [9.17, 15) is 4.79 Å². The Morgan fingerprint density at radius 1 is 1.30 bits per heavy atom. The summed E-state index contributed by atoms with van der Waals surface area (Å²) in [5.41, 5.74) is 2.27. The lowest BCUT2D eigenvalue weighted by atomic mass is 10.0. The molecule has 0 unspecified atom stereocenters. The monoisotopic (exact) mass is 352 g/mol. The molecule has 2 rings (SSSR count). The Balaban J connectivity index is 2.10. The number of ether oxygens (including phenoxy) is 1. The highest BCUT2D eigenvalue weighted by molar-refractivity contribution is 9.11. The van der Waals surface area contributed by atoms with Gasteiger partial charge in [0.05, 0.1) is 8.66 Å². The number of aryl methyl sites for hydroxylation is 1. The Morgan fingerprint density at radius 3 is 2.65 bits per heavy atom. The Hall–Kier alpha value is -1.13. The van der Waals surface area contributed by atoms with E-state index in [1.165, 1.54) is 11.3 Å². The van der Waals surface area contributed by atoms with Crippen molar-refractivity contribution in [1.82, 2.24) is 0 Å². The number of rotatable bonds is 5. The molecule has 2 nitrogen and oxygen atoms in total. The van der Waals surface area contributed by atoms with Crippen molar-refractivity contribution in [3.63, 3.8) is 0 Å². The van der Waals surface area contributed by atoms with Crippen molar-refractivity contribution in [3.05, 3.63) is 50.1 Å². The molecular formula is C16H17BrO2S. The standard InChI is InChI=1S/C16H17BrO2S/c1-10(2)12-5-4-11(3)8-14(12)19-9-13(18)15-6-7-16(17)20-15/h4-8,10H,9H2,1-3H3. The van der Waals surface area contributed by atoms with Gasteiger partial charge in [-0.3, -0.25) is 4.79 Å². The zero-order valence-electron chi connectivity index (χ0n) is 11.8. The Labute approximate surface area is 131 Å². The lowest BCUT2D eigenvalue weighted by molar-refractivity contribution is 0.0924. The number of benzene rings is 1. The molecule has 0 N–H and O–H groups in total. The minimum Gasteiger partial charge on any atom is -0.485 e. The quantitative estimate of drug-likeness (QED) is 0.690. The first kappa shape index (κ1) is 15.3. The molecule has 0 bridgehead atoms. The van der Waals surface area contributed by atoms with Gasteiger partial charge in [-0.25, -0.2) is 0 Å². The fourth-order valence-corrected chi connectivity index (χ4v) is 3.23. The van der Waals surface area contributed by atoms with Crippen molar-refractivity contribution in [3.8, 4) is 5.75 Å². The Kier molecular flexibility index (Phi) is 5.00. The number of thiophene rings is 1. The van der Waals surface area contributed by atoms with Crippen molar-refractivity contribution in [2.75, 3.05) is 6.61 Å². The van der Waals surface area contributed by atoms with Gasteiger partial charge in [-0.15, -0.1) is 11.3 Å². The van der Waals surface area contributed by atoms with Crippen LogP contribution < -0.4 is 4.74 Å². The van der Waals surface area contributed by atoms with Crippen LogP contribution in [0.1, 0.15) is 40.6 Å². The van der Waals surface area contributed by atoms with Crippen LogP contribution >= 0.6 is 27.3 Å². The third kappa shape index (κ3) is 3.70. The van der Waals surface area contributed by atoms with E-state index < -0.39 is 0 Å². The minimum atomic E-state index is 0.0110. The van der Waals surface area contributed by atoms with Crippen LogP contribution in [0.4, 0.5) is 0 Å². The van der Waals surface area contributed by atoms with Crippen LogP contribution in [0, 0.1) is 6.92 Å². The molecule has 106 valence electrons. The molecule has 1 aromatic heterocycles. The summed E-state index contributed by atoms with van der Waals surface area (Å²) in [7, 11) is 0. The highest BCUT2D eigenvalue weighted by Crippen LogP contribution is 2.28. The van der Waals surface area contributed by atoms with Crippen LogP contribution in [0.3, 0.4) is 0 Å². The van der Waals surface area contributed by atoms with Crippen LogP contribution in [0.5, 0.6) is 5.75 Å². The molecule has 0 saturated carbocycles. The molecule has 1 heterocycles. The summed E-state index contributed by atoms with van der Waals surface area (Å²) in [6.07, 6.45) is 0. The summed E-state index contributed by atoms with van der Waals surface area (Å²) in [4.78, 5) is 12.8. The third-order valence-electron chi connectivity index (χ3n) is 3.00. The van der Waals surface area contributed by atoms with Gasteiger partial charge < -0.3 is 4.74 Å². The van der Waals surface area contributed by atoms with Crippen LogP contribution in [0.15, 0.2) is 34.1 Å². The Morgan fingerprint density at radius 2 is 2.05 bits per heavy atom. The van der Waals surface area contributed by atoms with Crippen LogP contribution in [0.25, 0.3) is 0 Å². The van der Waals surface area contributed by atoms with Gasteiger partial charge in [0.2, 0.25) is 5.78 Å². The molecule has 0 radical (unpaired) electrons. The molecular weight excluding hydrogens is 336 g/mol. The van der Waals surface area contributed by atoms with Crippen molar-refractivity contribution in [2.45, 2.75) is 26.7 Å². The van der Waals surface area contributed by atoms with E-state index in [1.54, 1.807) is 0 Å². The van der Waals surface area contributed by atoms with Gasteiger partial charge in [0, 0.05) is 0 Å². The molecule has 0 amide bonds. The minimum absolute atomic E-state index is 0.0110. The van der Waals surface area contributed by atoms with E-state index in [4.69, 9.17) is 4.74 Å². The zero-order valence-corrected chi connectivity index (χ0v) is 14.2. The fraction of sp³-hybridized carbons (Fsp3) is 0.312. The van der Waals surface area contributed by atoms with E-state index in [1.807, 2.05) is 25.1 Å². The highest BCUT2D eigenvalue weighted by atomic mass is 79.9. The number of carbonyl (C=O) groups is 1. The van der Waals surface area contributed by atoms with Gasteiger partial charge in [-0.1, -0.05) is 26.0 Å². The topological polar surface area (TPSA) is 26.3 Å². The van der Waals surface area contributed by atoms with E-state index >= 15 is 0 Å². The van der Waals surface area contributed by atoms with Crippen LogP contribution in [0.2, 0.25) is 0 Å². The number of ketones is 1. The van der Waals surface area contributed by atoms with Gasteiger partial charge in [0.25, 0.3) is 0 Å². The summed E-state index contributed by atoms with van der Waals surface area (Å²) in [5.74, 6) is 1.19. The molecule has 0 spiro atoms. The zero-order chi connectivity index (χ0) is 14.7. The van der Waals surface area contributed by atoms with Gasteiger partial charge in [0.1, 0.15) is 5.75 Å². The maximum absolute atomic E-state index is 12.1. The smallest absolute Gasteiger partial charge is 0.210 e. The summed E-state index contributed by atoms with van der Waals surface area (Å²) in [5, 5.41) is 0. The van der Waals surface area contributed by atoms with Crippen LogP contribution in [-0.4, -0.2) is 12.4 Å². The van der Waals surface area contributed by atoms with Crippen molar-refractivity contribution >= 4 is 33.0 Å².